The van der Waals surface area contributed by atoms with E-state index in [4.69, 9.17) is 5.26 Å². The van der Waals surface area contributed by atoms with Crippen LogP contribution in [0.1, 0.15) is 33.6 Å². The molecule has 5 nitrogen and oxygen atoms in total. The Morgan fingerprint density at radius 3 is 2.44 bits per heavy atom. The zero-order valence-electron chi connectivity index (χ0n) is 10.0. The first-order chi connectivity index (χ1) is 7.51. The van der Waals surface area contributed by atoms with E-state index in [2.05, 4.69) is 10.6 Å². The van der Waals surface area contributed by atoms with Gasteiger partial charge in [-0.25, -0.2) is 0 Å². The second kappa shape index (κ2) is 7.69. The van der Waals surface area contributed by atoms with Crippen LogP contribution in [0, 0.1) is 17.2 Å². The first kappa shape index (κ1) is 14.4. The second-order valence-corrected chi connectivity index (χ2v) is 3.98. The average molecular weight is 225 g/mol. The van der Waals surface area contributed by atoms with Gasteiger partial charge in [-0.2, -0.15) is 5.26 Å². The lowest BCUT2D eigenvalue weighted by atomic mass is 10.0. The molecule has 0 aliphatic heterocycles. The van der Waals surface area contributed by atoms with E-state index in [0.29, 0.717) is 18.8 Å². The lowest BCUT2D eigenvalue weighted by Crippen LogP contribution is -2.47. The molecule has 0 unspecified atom stereocenters. The second-order valence-electron chi connectivity index (χ2n) is 3.98. The zero-order valence-corrected chi connectivity index (χ0v) is 10.0. The zero-order chi connectivity index (χ0) is 12.6. The summed E-state index contributed by atoms with van der Waals surface area (Å²) in [6.07, 6.45) is 0.920. The molecule has 0 radical (unpaired) electrons. The first-order valence-electron chi connectivity index (χ1n) is 5.45. The minimum Gasteiger partial charge on any atom is -0.344 e. The van der Waals surface area contributed by atoms with Gasteiger partial charge in [-0.1, -0.05) is 20.8 Å². The fourth-order valence-corrected chi connectivity index (χ4v) is 1.25. The molecule has 0 fully saturated rings. The molecule has 0 spiro atoms. The van der Waals surface area contributed by atoms with Crippen LogP contribution in [-0.4, -0.2) is 24.4 Å². The van der Waals surface area contributed by atoms with E-state index in [1.165, 1.54) is 0 Å². The van der Waals surface area contributed by atoms with Gasteiger partial charge in [0, 0.05) is 6.42 Å². The third kappa shape index (κ3) is 6.02. The topological polar surface area (TPSA) is 82.0 Å². The van der Waals surface area contributed by atoms with Crippen LogP contribution in [-0.2, 0) is 9.59 Å². The van der Waals surface area contributed by atoms with Gasteiger partial charge in [0.25, 0.3) is 0 Å². The Kier molecular flexibility index (Phi) is 6.93. The lowest BCUT2D eigenvalue weighted by molar-refractivity contribution is -0.129. The molecule has 2 N–H and O–H groups in total. The smallest absolute Gasteiger partial charge is 0.243 e. The van der Waals surface area contributed by atoms with Gasteiger partial charge in [0.2, 0.25) is 11.8 Å². The predicted molar refractivity (Wildman–Crippen MR) is 60.3 cm³/mol. The maximum Gasteiger partial charge on any atom is 0.243 e. The normalized spacial score (nSPS) is 11.7. The van der Waals surface area contributed by atoms with Gasteiger partial charge >= 0.3 is 0 Å². The van der Waals surface area contributed by atoms with Gasteiger partial charge in [-0.3, -0.25) is 9.59 Å². The number of amides is 2. The molecule has 16 heavy (non-hydrogen) atoms. The first-order valence-corrected chi connectivity index (χ1v) is 5.45. The summed E-state index contributed by atoms with van der Waals surface area (Å²) in [4.78, 5) is 22.8. The third-order valence-electron chi connectivity index (χ3n) is 2.02. The van der Waals surface area contributed by atoms with Crippen LogP contribution in [0.2, 0.25) is 0 Å². The Morgan fingerprint density at radius 1 is 1.38 bits per heavy atom. The van der Waals surface area contributed by atoms with Crippen molar-refractivity contribution in [3.05, 3.63) is 0 Å². The van der Waals surface area contributed by atoms with Crippen molar-refractivity contribution in [1.29, 1.82) is 5.26 Å². The molecule has 0 bridgehead atoms. The van der Waals surface area contributed by atoms with Crippen LogP contribution in [0.25, 0.3) is 0 Å². The molecule has 90 valence electrons. The summed E-state index contributed by atoms with van der Waals surface area (Å²) in [6, 6.07) is 1.29. The summed E-state index contributed by atoms with van der Waals surface area (Å²) in [5.41, 5.74) is 0. The monoisotopic (exact) mass is 225 g/mol. The number of rotatable bonds is 6. The fraction of sp³-hybridized carbons (Fsp3) is 0.727. The molecule has 0 aliphatic rings. The fourth-order valence-electron chi connectivity index (χ4n) is 1.25. The highest BCUT2D eigenvalue weighted by molar-refractivity contribution is 5.87. The van der Waals surface area contributed by atoms with E-state index >= 15 is 0 Å². The molecule has 0 aromatic carbocycles. The van der Waals surface area contributed by atoms with Gasteiger partial charge in [0.15, 0.2) is 0 Å². The van der Waals surface area contributed by atoms with E-state index in [0.717, 1.165) is 0 Å². The lowest BCUT2D eigenvalue weighted by Gasteiger charge is -2.19. The maximum atomic E-state index is 11.6. The molecule has 0 aromatic rings. The van der Waals surface area contributed by atoms with Crippen LogP contribution >= 0.6 is 0 Å². The Balaban J connectivity index is 4.35. The maximum absolute atomic E-state index is 11.6. The van der Waals surface area contributed by atoms with Crippen molar-refractivity contribution < 1.29 is 9.59 Å². The summed E-state index contributed by atoms with van der Waals surface area (Å²) >= 11 is 0. The standard InChI is InChI=1S/C11H19N3O2/c1-4-10(15)14-9(7-8(2)3)11(16)13-6-5-12/h8-9H,4,6-7H2,1-3H3,(H,13,16)(H,14,15)/t9-/m0/s1. The molecule has 0 saturated heterocycles. The minimum atomic E-state index is -0.541. The van der Waals surface area contributed by atoms with Crippen molar-refractivity contribution in [3.63, 3.8) is 0 Å². The molecular weight excluding hydrogens is 206 g/mol. The van der Waals surface area contributed by atoms with Crippen molar-refractivity contribution in [2.45, 2.75) is 39.7 Å². The Bertz CT molecular complexity index is 281. The molecule has 2 amide bonds. The van der Waals surface area contributed by atoms with E-state index in [9.17, 15) is 9.59 Å². The van der Waals surface area contributed by atoms with E-state index in [-0.39, 0.29) is 18.4 Å². The van der Waals surface area contributed by atoms with Gasteiger partial charge in [0.05, 0.1) is 6.07 Å². The largest absolute Gasteiger partial charge is 0.344 e. The summed E-state index contributed by atoms with van der Waals surface area (Å²) in [7, 11) is 0. The van der Waals surface area contributed by atoms with Crippen molar-refractivity contribution in [3.8, 4) is 6.07 Å². The van der Waals surface area contributed by atoms with Crippen LogP contribution < -0.4 is 10.6 Å². The van der Waals surface area contributed by atoms with Crippen molar-refractivity contribution >= 4 is 11.8 Å². The predicted octanol–water partition coefficient (Wildman–Crippen LogP) is 0.567. The van der Waals surface area contributed by atoms with E-state index in [1.54, 1.807) is 6.92 Å². The summed E-state index contributed by atoms with van der Waals surface area (Å²) in [5, 5.41) is 13.5. The van der Waals surface area contributed by atoms with Crippen molar-refractivity contribution in [2.75, 3.05) is 6.54 Å². The van der Waals surface area contributed by atoms with Crippen LogP contribution in [0.5, 0.6) is 0 Å². The molecule has 0 saturated carbocycles. The van der Waals surface area contributed by atoms with Crippen LogP contribution in [0.15, 0.2) is 0 Å². The number of carbonyl (C=O) groups excluding carboxylic acids is 2. The van der Waals surface area contributed by atoms with Gasteiger partial charge in [0.1, 0.15) is 12.6 Å². The molecule has 1 atom stereocenters. The number of carbonyl (C=O) groups is 2. The Hall–Kier alpha value is -1.57. The van der Waals surface area contributed by atoms with Crippen LogP contribution in [0.4, 0.5) is 0 Å². The molecular formula is C11H19N3O2. The number of nitrogens with zero attached hydrogens (tertiary/aromatic N) is 1. The van der Waals surface area contributed by atoms with E-state index in [1.807, 2.05) is 19.9 Å². The summed E-state index contributed by atoms with van der Waals surface area (Å²) < 4.78 is 0. The highest BCUT2D eigenvalue weighted by Crippen LogP contribution is 2.05. The molecule has 0 heterocycles. The van der Waals surface area contributed by atoms with Crippen molar-refractivity contribution in [1.82, 2.24) is 10.6 Å². The number of nitrogens with one attached hydrogen (secondary N) is 2. The summed E-state index contributed by atoms with van der Waals surface area (Å²) in [6.45, 7) is 5.65. The summed E-state index contributed by atoms with van der Waals surface area (Å²) in [5.74, 6) is -0.148. The highest BCUT2D eigenvalue weighted by atomic mass is 16.2. The van der Waals surface area contributed by atoms with Gasteiger partial charge < -0.3 is 10.6 Å². The molecule has 0 aliphatic carbocycles. The minimum absolute atomic E-state index is 0.0323. The Morgan fingerprint density at radius 2 is 2.00 bits per heavy atom. The number of hydrogen-bond donors (Lipinski definition) is 2. The molecule has 0 rings (SSSR count). The quantitative estimate of drug-likeness (QED) is 0.648. The SMILES string of the molecule is CCC(=O)N[C@@H](CC(C)C)C(=O)NCC#N. The van der Waals surface area contributed by atoms with Crippen LogP contribution in [0.3, 0.4) is 0 Å². The van der Waals surface area contributed by atoms with E-state index < -0.39 is 6.04 Å². The number of hydrogen-bond acceptors (Lipinski definition) is 3. The molecule has 5 heteroatoms. The van der Waals surface area contributed by atoms with Crippen molar-refractivity contribution in [2.24, 2.45) is 5.92 Å². The third-order valence-corrected chi connectivity index (χ3v) is 2.02. The van der Waals surface area contributed by atoms with Gasteiger partial charge in [-0.15, -0.1) is 0 Å². The highest BCUT2D eigenvalue weighted by Gasteiger charge is 2.20. The molecule has 0 aromatic heterocycles. The Labute approximate surface area is 96.2 Å². The average Bonchev–Trinajstić information content (AvgIpc) is 2.24. The van der Waals surface area contributed by atoms with Gasteiger partial charge in [-0.05, 0) is 12.3 Å². The number of nitriles is 1.